The van der Waals surface area contributed by atoms with E-state index in [9.17, 15) is 14.4 Å². The van der Waals surface area contributed by atoms with Crippen molar-refractivity contribution in [2.24, 2.45) is 0 Å². The largest absolute Gasteiger partial charge is 0.292 e. The van der Waals surface area contributed by atoms with E-state index in [-0.39, 0.29) is 21.2 Å². The van der Waals surface area contributed by atoms with E-state index in [1.165, 1.54) is 12.1 Å². The van der Waals surface area contributed by atoms with E-state index in [1.807, 2.05) is 6.07 Å². The van der Waals surface area contributed by atoms with Crippen LogP contribution in [0.2, 0.25) is 10.0 Å². The van der Waals surface area contributed by atoms with E-state index < -0.39 is 17.5 Å². The highest BCUT2D eigenvalue weighted by Crippen LogP contribution is 2.31. The number of Topliss-reactive ketones (excluding diaryl/α,β-unsaturated/α-hetero) is 1. The molecule has 0 amide bonds. The Morgan fingerprint density at radius 3 is 2.52 bits per heavy atom. The van der Waals surface area contributed by atoms with Crippen LogP contribution in [0.4, 0.5) is 4.39 Å². The fourth-order valence-electron chi connectivity index (χ4n) is 1.85. The van der Waals surface area contributed by atoms with Gasteiger partial charge in [-0.05, 0) is 35.9 Å². The highest BCUT2D eigenvalue weighted by Gasteiger charge is 2.26. The molecule has 1 atom stereocenters. The van der Waals surface area contributed by atoms with Crippen LogP contribution in [0, 0.1) is 17.1 Å². The molecule has 0 aliphatic heterocycles. The van der Waals surface area contributed by atoms with Crippen molar-refractivity contribution in [3.8, 4) is 6.07 Å². The highest BCUT2D eigenvalue weighted by atomic mass is 79.9. The van der Waals surface area contributed by atoms with Crippen LogP contribution in [-0.4, -0.2) is 5.78 Å². The third-order valence-corrected chi connectivity index (χ3v) is 4.01. The Morgan fingerprint density at radius 1 is 1.19 bits per heavy atom. The van der Waals surface area contributed by atoms with E-state index in [4.69, 9.17) is 23.2 Å². The number of carbonyl (C=O) groups excluding carboxylic acids is 1. The average Bonchev–Trinajstić information content (AvgIpc) is 2.44. The molecule has 0 spiro atoms. The van der Waals surface area contributed by atoms with Gasteiger partial charge in [-0.3, -0.25) is 4.79 Å². The molecule has 0 saturated heterocycles. The van der Waals surface area contributed by atoms with Crippen LogP contribution in [0.3, 0.4) is 0 Å². The highest BCUT2D eigenvalue weighted by molar-refractivity contribution is 9.10. The van der Waals surface area contributed by atoms with Gasteiger partial charge in [0, 0.05) is 15.1 Å². The Bertz CT molecular complexity index is 758. The minimum Gasteiger partial charge on any atom is -0.292 e. The molecule has 2 rings (SSSR count). The summed E-state index contributed by atoms with van der Waals surface area (Å²) in [5.74, 6) is -2.17. The Hall–Kier alpha value is -1.41. The number of carbonyl (C=O) groups is 1. The standard InChI is InChI=1S/C15H7BrCl2FNO/c16-8-1-4-13(17)11(5-8)15(21)12(7-20)10-3-2-9(19)6-14(10)18/h1-6,12H. The van der Waals surface area contributed by atoms with Crippen LogP contribution in [0.25, 0.3) is 0 Å². The quantitative estimate of drug-likeness (QED) is 0.664. The first-order valence-electron chi connectivity index (χ1n) is 5.78. The van der Waals surface area contributed by atoms with Gasteiger partial charge in [-0.1, -0.05) is 45.2 Å². The predicted octanol–water partition coefficient (Wildman–Crippen LogP) is 5.39. The SMILES string of the molecule is N#CC(C(=O)c1cc(Br)ccc1Cl)c1ccc(F)cc1Cl. The van der Waals surface area contributed by atoms with Crippen molar-refractivity contribution in [2.45, 2.75) is 5.92 Å². The maximum Gasteiger partial charge on any atom is 0.186 e. The summed E-state index contributed by atoms with van der Waals surface area (Å²) in [6.45, 7) is 0. The van der Waals surface area contributed by atoms with Crippen LogP contribution in [0.1, 0.15) is 21.8 Å². The Balaban J connectivity index is 2.49. The first kappa shape index (κ1) is 16.0. The number of rotatable bonds is 3. The van der Waals surface area contributed by atoms with Crippen LogP contribution >= 0.6 is 39.1 Å². The van der Waals surface area contributed by atoms with Crippen LogP contribution in [-0.2, 0) is 0 Å². The summed E-state index contributed by atoms with van der Waals surface area (Å²) in [6, 6.07) is 10.2. The van der Waals surface area contributed by atoms with Crippen molar-refractivity contribution < 1.29 is 9.18 Å². The number of hydrogen-bond donors (Lipinski definition) is 0. The lowest BCUT2D eigenvalue weighted by Gasteiger charge is -2.12. The normalized spacial score (nSPS) is 11.8. The summed E-state index contributed by atoms with van der Waals surface area (Å²) < 4.78 is 13.7. The summed E-state index contributed by atoms with van der Waals surface area (Å²) in [6.07, 6.45) is 0. The smallest absolute Gasteiger partial charge is 0.186 e. The van der Waals surface area contributed by atoms with Crippen LogP contribution < -0.4 is 0 Å². The van der Waals surface area contributed by atoms with Crippen molar-refractivity contribution >= 4 is 44.9 Å². The molecule has 0 N–H and O–H groups in total. The third-order valence-electron chi connectivity index (χ3n) is 2.86. The number of hydrogen-bond acceptors (Lipinski definition) is 2. The maximum atomic E-state index is 13.1. The fraction of sp³-hybridized carbons (Fsp3) is 0.0667. The van der Waals surface area contributed by atoms with Gasteiger partial charge in [-0.25, -0.2) is 4.39 Å². The molecule has 0 aliphatic rings. The summed E-state index contributed by atoms with van der Waals surface area (Å²) in [5.41, 5.74) is 0.458. The van der Waals surface area contributed by atoms with Gasteiger partial charge in [0.25, 0.3) is 0 Å². The third kappa shape index (κ3) is 3.44. The van der Waals surface area contributed by atoms with Crippen molar-refractivity contribution in [3.05, 3.63) is 67.9 Å². The molecular weight excluding hydrogens is 380 g/mol. The van der Waals surface area contributed by atoms with Gasteiger partial charge in [-0.2, -0.15) is 5.26 Å². The molecule has 106 valence electrons. The van der Waals surface area contributed by atoms with E-state index in [0.717, 1.165) is 12.1 Å². The monoisotopic (exact) mass is 385 g/mol. The molecule has 0 radical (unpaired) electrons. The molecule has 0 aromatic heterocycles. The van der Waals surface area contributed by atoms with Gasteiger partial charge < -0.3 is 0 Å². The second-order valence-electron chi connectivity index (χ2n) is 4.22. The van der Waals surface area contributed by atoms with Gasteiger partial charge in [0.2, 0.25) is 0 Å². The zero-order chi connectivity index (χ0) is 15.6. The first-order valence-corrected chi connectivity index (χ1v) is 7.32. The topological polar surface area (TPSA) is 40.9 Å². The molecule has 0 fully saturated rings. The molecule has 0 aliphatic carbocycles. The number of nitrogens with zero attached hydrogens (tertiary/aromatic N) is 1. The molecule has 6 heteroatoms. The molecule has 21 heavy (non-hydrogen) atoms. The zero-order valence-corrected chi connectivity index (χ0v) is 13.5. The minimum absolute atomic E-state index is 0.0287. The molecule has 2 aromatic rings. The lowest BCUT2D eigenvalue weighted by Crippen LogP contribution is -2.12. The average molecular weight is 387 g/mol. The second-order valence-corrected chi connectivity index (χ2v) is 5.95. The summed E-state index contributed by atoms with van der Waals surface area (Å²) in [4.78, 5) is 12.5. The molecular formula is C15H7BrCl2FNO. The summed E-state index contributed by atoms with van der Waals surface area (Å²) in [7, 11) is 0. The zero-order valence-electron chi connectivity index (χ0n) is 10.4. The fourth-order valence-corrected chi connectivity index (χ4v) is 2.69. The van der Waals surface area contributed by atoms with Crippen molar-refractivity contribution in [3.63, 3.8) is 0 Å². The molecule has 0 heterocycles. The number of halogens is 4. The van der Waals surface area contributed by atoms with E-state index in [2.05, 4.69) is 15.9 Å². The molecule has 0 saturated carbocycles. The Kier molecular flexibility index (Phi) is 5.00. The molecule has 2 nitrogen and oxygen atoms in total. The molecule has 2 aromatic carbocycles. The lowest BCUT2D eigenvalue weighted by molar-refractivity contribution is 0.0979. The number of benzene rings is 2. The van der Waals surface area contributed by atoms with Gasteiger partial charge in [0.15, 0.2) is 5.78 Å². The Morgan fingerprint density at radius 2 is 1.90 bits per heavy atom. The van der Waals surface area contributed by atoms with Gasteiger partial charge in [0.1, 0.15) is 11.7 Å². The van der Waals surface area contributed by atoms with E-state index >= 15 is 0 Å². The van der Waals surface area contributed by atoms with Crippen LogP contribution in [0.5, 0.6) is 0 Å². The second kappa shape index (κ2) is 6.57. The Labute approximate surface area is 139 Å². The minimum atomic E-state index is -1.15. The maximum absolute atomic E-state index is 13.1. The van der Waals surface area contributed by atoms with E-state index in [1.54, 1.807) is 12.1 Å². The summed E-state index contributed by atoms with van der Waals surface area (Å²) >= 11 is 15.2. The number of nitriles is 1. The first-order chi connectivity index (χ1) is 9.93. The van der Waals surface area contributed by atoms with Gasteiger partial charge in [0.05, 0.1) is 11.1 Å². The van der Waals surface area contributed by atoms with Crippen molar-refractivity contribution in [2.75, 3.05) is 0 Å². The van der Waals surface area contributed by atoms with Crippen LogP contribution in [0.15, 0.2) is 40.9 Å². The number of ketones is 1. The van der Waals surface area contributed by atoms with Crippen molar-refractivity contribution in [1.29, 1.82) is 5.26 Å². The van der Waals surface area contributed by atoms with E-state index in [0.29, 0.717) is 4.47 Å². The lowest BCUT2D eigenvalue weighted by atomic mass is 9.92. The van der Waals surface area contributed by atoms with Crippen molar-refractivity contribution in [1.82, 2.24) is 0 Å². The summed E-state index contributed by atoms with van der Waals surface area (Å²) in [5, 5.41) is 9.55. The predicted molar refractivity (Wildman–Crippen MR) is 83.2 cm³/mol. The van der Waals surface area contributed by atoms with Gasteiger partial charge >= 0.3 is 0 Å². The van der Waals surface area contributed by atoms with Gasteiger partial charge in [-0.15, -0.1) is 0 Å². The molecule has 0 bridgehead atoms. The molecule has 1 unspecified atom stereocenters.